The van der Waals surface area contributed by atoms with Gasteiger partial charge in [0, 0.05) is 10.1 Å². The van der Waals surface area contributed by atoms with Gasteiger partial charge in [-0.2, -0.15) is 0 Å². The minimum atomic E-state index is -0.0143. The van der Waals surface area contributed by atoms with E-state index in [4.69, 9.17) is 0 Å². The molecule has 0 fully saturated rings. The molecule has 1 N–H and O–H groups in total. The molecular formula is C20H25NOS. The second-order valence-electron chi connectivity index (χ2n) is 6.22. The quantitative estimate of drug-likeness (QED) is 0.756. The fourth-order valence-corrected chi connectivity index (χ4v) is 3.54. The van der Waals surface area contributed by atoms with E-state index in [1.807, 2.05) is 31.2 Å². The third-order valence-corrected chi connectivity index (χ3v) is 4.82. The molecule has 1 amide bonds. The molecule has 0 aliphatic rings. The summed E-state index contributed by atoms with van der Waals surface area (Å²) in [7, 11) is 0. The summed E-state index contributed by atoms with van der Waals surface area (Å²) in [6.07, 6.45) is 0. The van der Waals surface area contributed by atoms with Crippen LogP contribution in [0.5, 0.6) is 0 Å². The highest BCUT2D eigenvalue weighted by atomic mass is 32.2. The molecule has 0 aromatic heterocycles. The smallest absolute Gasteiger partial charge is 0.252 e. The number of rotatable bonds is 5. The van der Waals surface area contributed by atoms with Crippen molar-refractivity contribution in [2.24, 2.45) is 0 Å². The standard InChI is InChI=1S/C20H25NOS/c1-13(2)23-19-9-7-6-8-17(19)20(22)21-16(5)18-12-14(3)10-11-15(18)4/h6-13,16H,1-5H3,(H,21,22)/t16-/m0/s1. The van der Waals surface area contributed by atoms with Gasteiger partial charge < -0.3 is 5.32 Å². The van der Waals surface area contributed by atoms with Crippen LogP contribution in [0, 0.1) is 13.8 Å². The van der Waals surface area contributed by atoms with Crippen LogP contribution in [0.2, 0.25) is 0 Å². The maximum absolute atomic E-state index is 12.7. The van der Waals surface area contributed by atoms with Crippen molar-refractivity contribution in [3.8, 4) is 0 Å². The molecule has 0 aliphatic heterocycles. The number of benzene rings is 2. The molecule has 2 nitrogen and oxygen atoms in total. The fraction of sp³-hybridized carbons (Fsp3) is 0.350. The molecule has 0 aliphatic carbocycles. The lowest BCUT2D eigenvalue weighted by molar-refractivity contribution is 0.0937. The third-order valence-electron chi connectivity index (χ3n) is 3.74. The average molecular weight is 327 g/mol. The van der Waals surface area contributed by atoms with E-state index in [2.05, 4.69) is 51.2 Å². The zero-order chi connectivity index (χ0) is 17.0. The average Bonchev–Trinajstić information content (AvgIpc) is 2.49. The summed E-state index contributed by atoms with van der Waals surface area (Å²) < 4.78 is 0. The number of carbonyl (C=O) groups excluding carboxylic acids is 1. The van der Waals surface area contributed by atoms with Crippen molar-refractivity contribution < 1.29 is 4.79 Å². The molecule has 0 unspecified atom stereocenters. The maximum atomic E-state index is 12.7. The third kappa shape index (κ3) is 4.61. The zero-order valence-electron chi connectivity index (χ0n) is 14.5. The Balaban J connectivity index is 2.20. The summed E-state index contributed by atoms with van der Waals surface area (Å²) in [5.74, 6) is -0.0119. The highest BCUT2D eigenvalue weighted by molar-refractivity contribution is 8.00. The number of amides is 1. The van der Waals surface area contributed by atoms with Gasteiger partial charge in [0.15, 0.2) is 0 Å². The molecule has 1 atom stereocenters. The van der Waals surface area contributed by atoms with Gasteiger partial charge in [0.25, 0.3) is 5.91 Å². The molecule has 23 heavy (non-hydrogen) atoms. The predicted octanol–water partition coefficient (Wildman–Crippen LogP) is 5.29. The van der Waals surface area contributed by atoms with E-state index in [0.717, 1.165) is 10.5 Å². The molecule has 0 saturated heterocycles. The number of nitrogens with one attached hydrogen (secondary N) is 1. The normalized spacial score (nSPS) is 12.3. The summed E-state index contributed by atoms with van der Waals surface area (Å²) in [4.78, 5) is 13.7. The van der Waals surface area contributed by atoms with Gasteiger partial charge in [-0.1, -0.05) is 49.7 Å². The van der Waals surface area contributed by atoms with Crippen molar-refractivity contribution in [3.05, 3.63) is 64.7 Å². The molecule has 3 heteroatoms. The molecular weight excluding hydrogens is 302 g/mol. The summed E-state index contributed by atoms with van der Waals surface area (Å²) in [6, 6.07) is 14.2. The number of hydrogen-bond acceptors (Lipinski definition) is 2. The molecule has 0 radical (unpaired) electrons. The Hall–Kier alpha value is -1.74. The Bertz CT molecular complexity index is 694. The number of aryl methyl sites for hydroxylation is 2. The van der Waals surface area contributed by atoms with Gasteiger partial charge in [-0.15, -0.1) is 11.8 Å². The van der Waals surface area contributed by atoms with E-state index in [1.165, 1.54) is 16.7 Å². The minimum Gasteiger partial charge on any atom is -0.345 e. The maximum Gasteiger partial charge on any atom is 0.252 e. The van der Waals surface area contributed by atoms with Gasteiger partial charge in [0.2, 0.25) is 0 Å². The number of hydrogen-bond donors (Lipinski definition) is 1. The monoisotopic (exact) mass is 327 g/mol. The molecule has 2 aromatic carbocycles. The largest absolute Gasteiger partial charge is 0.345 e. The van der Waals surface area contributed by atoms with E-state index in [1.54, 1.807) is 11.8 Å². The van der Waals surface area contributed by atoms with E-state index in [-0.39, 0.29) is 11.9 Å². The van der Waals surface area contributed by atoms with Gasteiger partial charge in [-0.3, -0.25) is 4.79 Å². The van der Waals surface area contributed by atoms with Crippen LogP contribution in [-0.4, -0.2) is 11.2 Å². The molecule has 0 heterocycles. The molecule has 2 aromatic rings. The topological polar surface area (TPSA) is 29.1 Å². The summed E-state index contributed by atoms with van der Waals surface area (Å²) in [5, 5.41) is 3.59. The van der Waals surface area contributed by atoms with Crippen LogP contribution in [-0.2, 0) is 0 Å². The van der Waals surface area contributed by atoms with Gasteiger partial charge in [-0.05, 0) is 44.0 Å². The first kappa shape index (κ1) is 17.6. The van der Waals surface area contributed by atoms with E-state index in [0.29, 0.717) is 5.25 Å². The Morgan fingerprint density at radius 1 is 1.04 bits per heavy atom. The molecule has 0 bridgehead atoms. The lowest BCUT2D eigenvalue weighted by atomic mass is 10.00. The Labute approximate surface area is 143 Å². The Morgan fingerprint density at radius 2 is 1.74 bits per heavy atom. The molecule has 0 saturated carbocycles. The molecule has 122 valence electrons. The van der Waals surface area contributed by atoms with Crippen molar-refractivity contribution in [1.29, 1.82) is 0 Å². The van der Waals surface area contributed by atoms with Crippen molar-refractivity contribution in [1.82, 2.24) is 5.32 Å². The zero-order valence-corrected chi connectivity index (χ0v) is 15.3. The van der Waals surface area contributed by atoms with Crippen LogP contribution in [0.1, 0.15) is 53.9 Å². The summed E-state index contributed by atoms with van der Waals surface area (Å²) in [6.45, 7) is 10.5. The minimum absolute atomic E-state index is 0.0119. The van der Waals surface area contributed by atoms with Crippen molar-refractivity contribution in [2.45, 2.75) is 50.8 Å². The van der Waals surface area contributed by atoms with Crippen LogP contribution in [0.15, 0.2) is 47.4 Å². The Kier molecular flexibility index (Phi) is 5.89. The van der Waals surface area contributed by atoms with E-state index in [9.17, 15) is 4.79 Å². The highest BCUT2D eigenvalue weighted by Crippen LogP contribution is 2.27. The lowest BCUT2D eigenvalue weighted by Crippen LogP contribution is -2.27. The predicted molar refractivity (Wildman–Crippen MR) is 99.2 cm³/mol. The van der Waals surface area contributed by atoms with Gasteiger partial charge >= 0.3 is 0 Å². The second kappa shape index (κ2) is 7.69. The van der Waals surface area contributed by atoms with Crippen LogP contribution in [0.3, 0.4) is 0 Å². The second-order valence-corrected chi connectivity index (χ2v) is 7.84. The first-order valence-corrected chi connectivity index (χ1v) is 8.90. The van der Waals surface area contributed by atoms with Crippen LogP contribution in [0.25, 0.3) is 0 Å². The first-order chi connectivity index (χ1) is 10.9. The van der Waals surface area contributed by atoms with Crippen LogP contribution >= 0.6 is 11.8 Å². The van der Waals surface area contributed by atoms with Crippen LogP contribution < -0.4 is 5.32 Å². The summed E-state index contributed by atoms with van der Waals surface area (Å²) >= 11 is 1.72. The SMILES string of the molecule is Cc1ccc(C)c([C@H](C)NC(=O)c2ccccc2SC(C)C)c1. The first-order valence-electron chi connectivity index (χ1n) is 8.02. The van der Waals surface area contributed by atoms with Crippen LogP contribution in [0.4, 0.5) is 0 Å². The molecule has 0 spiro atoms. The van der Waals surface area contributed by atoms with E-state index < -0.39 is 0 Å². The van der Waals surface area contributed by atoms with Gasteiger partial charge in [0.1, 0.15) is 0 Å². The van der Waals surface area contributed by atoms with Crippen molar-refractivity contribution in [3.63, 3.8) is 0 Å². The lowest BCUT2D eigenvalue weighted by Gasteiger charge is -2.18. The van der Waals surface area contributed by atoms with Crippen molar-refractivity contribution >= 4 is 17.7 Å². The highest BCUT2D eigenvalue weighted by Gasteiger charge is 2.16. The fourth-order valence-electron chi connectivity index (χ4n) is 2.59. The van der Waals surface area contributed by atoms with Crippen molar-refractivity contribution in [2.75, 3.05) is 0 Å². The number of carbonyl (C=O) groups is 1. The van der Waals surface area contributed by atoms with Gasteiger partial charge in [0.05, 0.1) is 11.6 Å². The van der Waals surface area contributed by atoms with Gasteiger partial charge in [-0.25, -0.2) is 0 Å². The number of thioether (sulfide) groups is 1. The van der Waals surface area contributed by atoms with E-state index >= 15 is 0 Å². The summed E-state index contributed by atoms with van der Waals surface area (Å²) in [5.41, 5.74) is 4.34. The Morgan fingerprint density at radius 3 is 2.43 bits per heavy atom. The molecule has 2 rings (SSSR count).